The van der Waals surface area contributed by atoms with Gasteiger partial charge in [-0.3, -0.25) is 4.98 Å². The highest BCUT2D eigenvalue weighted by atomic mass is 16.5. The molecule has 1 heterocycles. The van der Waals surface area contributed by atoms with Crippen molar-refractivity contribution in [3.05, 3.63) is 48.3 Å². The summed E-state index contributed by atoms with van der Waals surface area (Å²) < 4.78 is 11.3. The van der Waals surface area contributed by atoms with E-state index in [1.54, 1.807) is 19.5 Å². The topological polar surface area (TPSA) is 43.4 Å². The van der Waals surface area contributed by atoms with Crippen LogP contribution in [0, 0.1) is 5.92 Å². The van der Waals surface area contributed by atoms with Crippen LogP contribution in [0.25, 0.3) is 0 Å². The van der Waals surface area contributed by atoms with Gasteiger partial charge in [0.2, 0.25) is 0 Å². The fourth-order valence-corrected chi connectivity index (χ4v) is 1.96. The summed E-state index contributed by atoms with van der Waals surface area (Å²) in [6.07, 6.45) is 3.51. The van der Waals surface area contributed by atoms with Crippen molar-refractivity contribution in [1.82, 2.24) is 10.3 Å². The van der Waals surface area contributed by atoms with Gasteiger partial charge in [0.15, 0.2) is 11.5 Å². The summed E-state index contributed by atoms with van der Waals surface area (Å²) in [7, 11) is 1.64. The lowest BCUT2D eigenvalue weighted by Crippen LogP contribution is -2.19. The van der Waals surface area contributed by atoms with Gasteiger partial charge in [-0.1, -0.05) is 26.0 Å². The Morgan fingerprint density at radius 3 is 2.57 bits per heavy atom. The summed E-state index contributed by atoms with van der Waals surface area (Å²) in [5, 5.41) is 3.42. The van der Waals surface area contributed by atoms with E-state index in [9.17, 15) is 0 Å². The number of nitrogens with one attached hydrogen (secondary N) is 1. The second-order valence-corrected chi connectivity index (χ2v) is 5.26. The highest BCUT2D eigenvalue weighted by Gasteiger charge is 2.08. The fourth-order valence-electron chi connectivity index (χ4n) is 1.96. The molecular formula is C17H22N2O2. The van der Waals surface area contributed by atoms with Crippen LogP contribution in [0.5, 0.6) is 17.2 Å². The predicted octanol–water partition coefficient (Wildman–Crippen LogP) is 3.63. The number of hydrogen-bond donors (Lipinski definition) is 1. The first-order chi connectivity index (χ1) is 10.2. The van der Waals surface area contributed by atoms with Crippen LogP contribution >= 0.6 is 0 Å². The Bertz CT molecular complexity index is 570. The number of aromatic nitrogens is 1. The zero-order valence-electron chi connectivity index (χ0n) is 12.8. The van der Waals surface area contributed by atoms with Gasteiger partial charge in [0.1, 0.15) is 5.75 Å². The molecule has 0 aliphatic heterocycles. The minimum Gasteiger partial charge on any atom is -0.493 e. The van der Waals surface area contributed by atoms with Crippen LogP contribution in [0.15, 0.2) is 42.7 Å². The number of methoxy groups -OCH3 is 1. The van der Waals surface area contributed by atoms with Crippen molar-refractivity contribution in [2.45, 2.75) is 20.4 Å². The van der Waals surface area contributed by atoms with Crippen LogP contribution in [-0.2, 0) is 6.54 Å². The number of pyridine rings is 1. The number of benzene rings is 1. The number of rotatable bonds is 7. The van der Waals surface area contributed by atoms with Gasteiger partial charge in [0.25, 0.3) is 0 Å². The monoisotopic (exact) mass is 286 g/mol. The molecule has 4 heteroatoms. The molecule has 1 aromatic heterocycles. The Hall–Kier alpha value is -2.07. The number of nitrogens with zero attached hydrogens (tertiary/aromatic N) is 1. The Kier molecular flexibility index (Phi) is 5.58. The number of ether oxygens (including phenoxy) is 2. The van der Waals surface area contributed by atoms with Crippen LogP contribution < -0.4 is 14.8 Å². The lowest BCUT2D eigenvalue weighted by Gasteiger charge is -2.14. The van der Waals surface area contributed by atoms with Crippen LogP contribution in [0.1, 0.15) is 19.4 Å². The lowest BCUT2D eigenvalue weighted by molar-refractivity contribution is 0.376. The fraction of sp³-hybridized carbons (Fsp3) is 0.353. The molecular weight excluding hydrogens is 264 g/mol. The second-order valence-electron chi connectivity index (χ2n) is 5.26. The zero-order valence-corrected chi connectivity index (χ0v) is 12.8. The van der Waals surface area contributed by atoms with Gasteiger partial charge in [0, 0.05) is 18.3 Å². The maximum absolute atomic E-state index is 5.96. The first-order valence-electron chi connectivity index (χ1n) is 7.15. The molecule has 0 unspecified atom stereocenters. The average Bonchev–Trinajstić information content (AvgIpc) is 2.49. The van der Waals surface area contributed by atoms with Crippen LogP contribution in [0.2, 0.25) is 0 Å². The van der Waals surface area contributed by atoms with Gasteiger partial charge >= 0.3 is 0 Å². The van der Waals surface area contributed by atoms with Crippen LogP contribution in [0.4, 0.5) is 0 Å². The van der Waals surface area contributed by atoms with Gasteiger partial charge in [0.05, 0.1) is 13.3 Å². The summed E-state index contributed by atoms with van der Waals surface area (Å²) in [4.78, 5) is 4.15. The normalized spacial score (nSPS) is 10.7. The quantitative estimate of drug-likeness (QED) is 0.844. The second kappa shape index (κ2) is 7.64. The highest BCUT2D eigenvalue weighted by molar-refractivity contribution is 5.43. The largest absolute Gasteiger partial charge is 0.493 e. The molecule has 4 nitrogen and oxygen atoms in total. The molecule has 0 aliphatic rings. The third kappa shape index (κ3) is 4.46. The molecule has 0 fully saturated rings. The van der Waals surface area contributed by atoms with E-state index in [1.807, 2.05) is 30.3 Å². The molecule has 0 bridgehead atoms. The molecule has 0 atom stereocenters. The average molecular weight is 286 g/mol. The molecule has 112 valence electrons. The van der Waals surface area contributed by atoms with Crippen molar-refractivity contribution in [2.24, 2.45) is 5.92 Å². The lowest BCUT2D eigenvalue weighted by atomic mass is 10.2. The van der Waals surface area contributed by atoms with Crippen molar-refractivity contribution < 1.29 is 9.47 Å². The molecule has 1 N–H and O–H groups in total. The number of hydrogen-bond acceptors (Lipinski definition) is 4. The van der Waals surface area contributed by atoms with E-state index in [-0.39, 0.29) is 0 Å². The Morgan fingerprint density at radius 2 is 1.86 bits per heavy atom. The predicted molar refractivity (Wildman–Crippen MR) is 83.8 cm³/mol. The van der Waals surface area contributed by atoms with Gasteiger partial charge in [-0.25, -0.2) is 0 Å². The van der Waals surface area contributed by atoms with Crippen LogP contribution in [0.3, 0.4) is 0 Å². The van der Waals surface area contributed by atoms with E-state index in [0.29, 0.717) is 17.4 Å². The maximum atomic E-state index is 5.96. The molecule has 2 rings (SSSR count). The first-order valence-corrected chi connectivity index (χ1v) is 7.15. The number of para-hydroxylation sites is 2. The van der Waals surface area contributed by atoms with Crippen LogP contribution in [-0.4, -0.2) is 18.6 Å². The summed E-state index contributed by atoms with van der Waals surface area (Å²) in [6.45, 7) is 6.10. The van der Waals surface area contributed by atoms with Gasteiger partial charge in [-0.2, -0.15) is 0 Å². The highest BCUT2D eigenvalue weighted by Crippen LogP contribution is 2.32. The van der Waals surface area contributed by atoms with Crippen molar-refractivity contribution in [1.29, 1.82) is 0 Å². The smallest absolute Gasteiger partial charge is 0.169 e. The molecule has 21 heavy (non-hydrogen) atoms. The molecule has 0 saturated heterocycles. The molecule has 0 radical (unpaired) electrons. The zero-order chi connectivity index (χ0) is 15.1. The maximum Gasteiger partial charge on any atom is 0.169 e. The molecule has 0 saturated carbocycles. The molecule has 0 aliphatic carbocycles. The van der Waals surface area contributed by atoms with Gasteiger partial charge in [-0.05, 0) is 30.7 Å². The van der Waals surface area contributed by atoms with E-state index in [0.717, 1.165) is 24.4 Å². The van der Waals surface area contributed by atoms with Gasteiger partial charge < -0.3 is 14.8 Å². The summed E-state index contributed by atoms with van der Waals surface area (Å²) in [6, 6.07) is 9.57. The van der Waals surface area contributed by atoms with E-state index in [2.05, 4.69) is 24.1 Å². The Balaban J connectivity index is 2.12. The first kappa shape index (κ1) is 15.3. The third-order valence-corrected chi connectivity index (χ3v) is 3.03. The van der Waals surface area contributed by atoms with Crippen molar-refractivity contribution in [3.8, 4) is 17.2 Å². The van der Waals surface area contributed by atoms with E-state index >= 15 is 0 Å². The third-order valence-electron chi connectivity index (χ3n) is 3.03. The summed E-state index contributed by atoms with van der Waals surface area (Å²) in [5.74, 6) is 2.77. The molecule has 1 aromatic carbocycles. The van der Waals surface area contributed by atoms with Crippen molar-refractivity contribution >= 4 is 0 Å². The molecule has 0 spiro atoms. The standard InChI is InChI=1S/C17H22N2O2/c1-13(2)10-19-11-14-8-9-18-12-17(14)21-16-7-5-4-6-15(16)20-3/h4-9,12-13,19H,10-11H2,1-3H3. The minimum absolute atomic E-state index is 0.616. The van der Waals surface area contributed by atoms with E-state index in [1.165, 1.54) is 0 Å². The minimum atomic E-state index is 0.616. The Labute approximate surface area is 126 Å². The molecule has 0 amide bonds. The van der Waals surface area contributed by atoms with Crippen molar-refractivity contribution in [2.75, 3.05) is 13.7 Å². The van der Waals surface area contributed by atoms with Crippen molar-refractivity contribution in [3.63, 3.8) is 0 Å². The molecule has 2 aromatic rings. The van der Waals surface area contributed by atoms with Gasteiger partial charge in [-0.15, -0.1) is 0 Å². The SMILES string of the molecule is COc1ccccc1Oc1cnccc1CNCC(C)C. The summed E-state index contributed by atoms with van der Waals surface area (Å²) >= 11 is 0. The van der Waals surface area contributed by atoms with E-state index in [4.69, 9.17) is 9.47 Å². The summed E-state index contributed by atoms with van der Waals surface area (Å²) in [5.41, 5.74) is 1.08. The van der Waals surface area contributed by atoms with E-state index < -0.39 is 0 Å². The Morgan fingerprint density at radius 1 is 1.10 bits per heavy atom.